The number of aliphatic carboxylic acids is 1. The molecule has 134 valence electrons. The van der Waals surface area contributed by atoms with E-state index in [1.165, 1.54) is 30.6 Å². The molecule has 3 aliphatic rings. The van der Waals surface area contributed by atoms with Gasteiger partial charge in [0.15, 0.2) is 0 Å². The number of fused-ring (bicyclic) bond motifs is 1. The third-order valence-electron chi connectivity index (χ3n) is 5.89. The van der Waals surface area contributed by atoms with Crippen LogP contribution < -0.4 is 4.90 Å². The minimum atomic E-state index is -0.936. The molecule has 0 aromatic heterocycles. The predicted molar refractivity (Wildman–Crippen MR) is 94.8 cm³/mol. The summed E-state index contributed by atoms with van der Waals surface area (Å²) >= 11 is 0. The molecule has 2 aliphatic heterocycles. The molecular weight excluding hydrogens is 318 g/mol. The van der Waals surface area contributed by atoms with Crippen molar-refractivity contribution in [2.75, 3.05) is 31.1 Å². The fourth-order valence-electron chi connectivity index (χ4n) is 4.52. The first-order chi connectivity index (χ1) is 12.1. The topological polar surface area (TPSA) is 64.1 Å². The van der Waals surface area contributed by atoms with E-state index in [2.05, 4.69) is 4.90 Å². The van der Waals surface area contributed by atoms with Gasteiger partial charge in [-0.1, -0.05) is 31.0 Å². The van der Waals surface area contributed by atoms with Crippen LogP contribution in [0.2, 0.25) is 0 Å². The number of carbonyl (C=O) groups is 2. The van der Waals surface area contributed by atoms with E-state index in [0.29, 0.717) is 25.6 Å². The highest BCUT2D eigenvalue weighted by Crippen LogP contribution is 2.33. The van der Waals surface area contributed by atoms with Gasteiger partial charge in [0.05, 0.1) is 0 Å². The first-order valence-electron chi connectivity index (χ1n) is 9.28. The average molecular weight is 343 g/mol. The summed E-state index contributed by atoms with van der Waals surface area (Å²) in [6, 6.07) is 7.24. The number of para-hydroxylation sites is 1. The number of hydrogen-bond acceptors (Lipinski definition) is 3. The fraction of sp³-hybridized carbons (Fsp3) is 0.579. The maximum atomic E-state index is 13.1. The van der Waals surface area contributed by atoms with Gasteiger partial charge in [0, 0.05) is 44.3 Å². The van der Waals surface area contributed by atoms with Crippen molar-refractivity contribution < 1.29 is 14.7 Å². The van der Waals surface area contributed by atoms with Gasteiger partial charge >= 0.3 is 12.0 Å². The molecule has 0 spiro atoms. The second-order valence-corrected chi connectivity index (χ2v) is 7.30. The number of urea groups is 1. The molecule has 1 saturated carbocycles. The Balaban J connectivity index is 1.47. The Morgan fingerprint density at radius 3 is 2.36 bits per heavy atom. The zero-order valence-corrected chi connectivity index (χ0v) is 14.4. The smallest absolute Gasteiger partial charge is 0.327 e. The fourth-order valence-corrected chi connectivity index (χ4v) is 4.52. The number of rotatable bonds is 2. The molecule has 0 bridgehead atoms. The molecule has 2 heterocycles. The summed E-state index contributed by atoms with van der Waals surface area (Å²) in [5, 5.41) is 9.57. The molecule has 2 amide bonds. The van der Waals surface area contributed by atoms with E-state index in [4.69, 9.17) is 0 Å². The second-order valence-electron chi connectivity index (χ2n) is 7.30. The van der Waals surface area contributed by atoms with Crippen molar-refractivity contribution in [2.45, 2.75) is 44.2 Å². The lowest BCUT2D eigenvalue weighted by atomic mass is 10.1. The van der Waals surface area contributed by atoms with Crippen LogP contribution in [0, 0.1) is 0 Å². The maximum absolute atomic E-state index is 13.1. The quantitative estimate of drug-likeness (QED) is 0.894. The summed E-state index contributed by atoms with van der Waals surface area (Å²) in [5.41, 5.74) is 1.69. The summed E-state index contributed by atoms with van der Waals surface area (Å²) in [6.07, 6.45) is 5.56. The van der Waals surface area contributed by atoms with Gasteiger partial charge < -0.3 is 10.0 Å². The molecule has 25 heavy (non-hydrogen) atoms. The number of nitrogens with zero attached hydrogens (tertiary/aromatic N) is 3. The van der Waals surface area contributed by atoms with Crippen LogP contribution >= 0.6 is 0 Å². The van der Waals surface area contributed by atoms with Gasteiger partial charge in [-0.05, 0) is 24.5 Å². The number of benzene rings is 1. The molecule has 1 saturated heterocycles. The Bertz CT molecular complexity index is 664. The Labute approximate surface area is 148 Å². The standard InChI is InChI=1S/C19H25N3O3/c23-18(24)17-13-14-5-1-4-8-16(14)22(17)19(25)21-11-9-20(10-12-21)15-6-2-3-7-15/h1,4-5,8,15,17H,2-3,6-7,9-13H2,(H,23,24). The van der Waals surface area contributed by atoms with Crippen molar-refractivity contribution in [1.82, 2.24) is 9.80 Å². The summed E-state index contributed by atoms with van der Waals surface area (Å²) in [7, 11) is 0. The highest BCUT2D eigenvalue weighted by molar-refractivity contribution is 6.01. The zero-order chi connectivity index (χ0) is 17.4. The minimum Gasteiger partial charge on any atom is -0.480 e. The molecule has 1 atom stereocenters. The van der Waals surface area contributed by atoms with Crippen molar-refractivity contribution in [1.29, 1.82) is 0 Å². The van der Waals surface area contributed by atoms with Gasteiger partial charge in [0.1, 0.15) is 6.04 Å². The van der Waals surface area contributed by atoms with E-state index in [1.807, 2.05) is 29.2 Å². The van der Waals surface area contributed by atoms with Crippen LogP contribution in [0.3, 0.4) is 0 Å². The van der Waals surface area contributed by atoms with Crippen molar-refractivity contribution in [2.24, 2.45) is 0 Å². The van der Waals surface area contributed by atoms with Gasteiger partial charge in [-0.25, -0.2) is 9.59 Å². The van der Waals surface area contributed by atoms with Crippen molar-refractivity contribution in [3.63, 3.8) is 0 Å². The molecule has 0 radical (unpaired) electrons. The van der Waals surface area contributed by atoms with Crippen molar-refractivity contribution >= 4 is 17.7 Å². The average Bonchev–Trinajstić information content (AvgIpc) is 3.29. The van der Waals surface area contributed by atoms with Crippen molar-refractivity contribution in [3.8, 4) is 0 Å². The number of piperazine rings is 1. The molecule has 2 fully saturated rings. The summed E-state index contributed by atoms with van der Waals surface area (Å²) < 4.78 is 0. The summed E-state index contributed by atoms with van der Waals surface area (Å²) in [5.74, 6) is -0.936. The van der Waals surface area contributed by atoms with Crippen LogP contribution in [0.1, 0.15) is 31.2 Å². The van der Waals surface area contributed by atoms with Gasteiger partial charge in [0.2, 0.25) is 0 Å². The highest BCUT2D eigenvalue weighted by Gasteiger charge is 2.41. The summed E-state index contributed by atoms with van der Waals surface area (Å²) in [4.78, 5) is 30.6. The van der Waals surface area contributed by atoms with Crippen LogP contribution in [0.5, 0.6) is 0 Å². The first kappa shape index (κ1) is 16.4. The van der Waals surface area contributed by atoms with Gasteiger partial charge in [-0.3, -0.25) is 9.80 Å². The molecule has 1 aliphatic carbocycles. The predicted octanol–water partition coefficient (Wildman–Crippen LogP) is 2.18. The Morgan fingerprint density at radius 1 is 1.00 bits per heavy atom. The normalized spacial score (nSPS) is 24.6. The third-order valence-corrected chi connectivity index (χ3v) is 5.89. The van der Waals surface area contributed by atoms with Gasteiger partial charge in [0.25, 0.3) is 0 Å². The van der Waals surface area contributed by atoms with Crippen LogP contribution in [0.15, 0.2) is 24.3 Å². The van der Waals surface area contributed by atoms with Crippen molar-refractivity contribution in [3.05, 3.63) is 29.8 Å². The largest absolute Gasteiger partial charge is 0.480 e. The molecule has 6 heteroatoms. The number of anilines is 1. The molecule has 1 aromatic carbocycles. The molecule has 6 nitrogen and oxygen atoms in total. The van der Waals surface area contributed by atoms with Crippen LogP contribution in [0.4, 0.5) is 10.5 Å². The van der Waals surface area contributed by atoms with E-state index in [-0.39, 0.29) is 6.03 Å². The Morgan fingerprint density at radius 2 is 1.68 bits per heavy atom. The molecule has 1 N–H and O–H groups in total. The number of amides is 2. The zero-order valence-electron chi connectivity index (χ0n) is 14.4. The SMILES string of the molecule is O=C(O)C1Cc2ccccc2N1C(=O)N1CCN(C2CCCC2)CC1. The number of carboxylic acid groups (broad SMARTS) is 1. The van der Waals surface area contributed by atoms with Crippen LogP contribution in [-0.4, -0.2) is 65.2 Å². The third kappa shape index (κ3) is 2.99. The van der Waals surface area contributed by atoms with E-state index >= 15 is 0 Å². The Kier molecular flexibility index (Phi) is 4.37. The number of carboxylic acids is 1. The molecule has 4 rings (SSSR count). The number of carbonyl (C=O) groups excluding carboxylic acids is 1. The maximum Gasteiger partial charge on any atom is 0.327 e. The summed E-state index contributed by atoms with van der Waals surface area (Å²) in [6.45, 7) is 3.15. The Hall–Kier alpha value is -2.08. The highest BCUT2D eigenvalue weighted by atomic mass is 16.4. The minimum absolute atomic E-state index is 0.163. The lowest BCUT2D eigenvalue weighted by molar-refractivity contribution is -0.138. The molecular formula is C19H25N3O3. The van der Waals surface area contributed by atoms with Gasteiger partial charge in [-0.2, -0.15) is 0 Å². The van der Waals surface area contributed by atoms with Crippen LogP contribution in [-0.2, 0) is 11.2 Å². The number of hydrogen-bond donors (Lipinski definition) is 1. The monoisotopic (exact) mass is 343 g/mol. The lowest BCUT2D eigenvalue weighted by Gasteiger charge is -2.40. The van der Waals surface area contributed by atoms with E-state index < -0.39 is 12.0 Å². The van der Waals surface area contributed by atoms with E-state index in [0.717, 1.165) is 24.3 Å². The lowest BCUT2D eigenvalue weighted by Crippen LogP contribution is -2.56. The van der Waals surface area contributed by atoms with E-state index in [1.54, 1.807) is 0 Å². The van der Waals surface area contributed by atoms with Gasteiger partial charge in [-0.15, -0.1) is 0 Å². The van der Waals surface area contributed by atoms with E-state index in [9.17, 15) is 14.7 Å². The first-order valence-corrected chi connectivity index (χ1v) is 9.28. The van der Waals surface area contributed by atoms with Crippen LogP contribution in [0.25, 0.3) is 0 Å². The molecule has 1 aromatic rings. The second kappa shape index (κ2) is 6.67. The molecule has 1 unspecified atom stereocenters.